The Hall–Kier alpha value is -3.08. The highest BCUT2D eigenvalue weighted by Crippen LogP contribution is 2.51. The van der Waals surface area contributed by atoms with E-state index in [-0.39, 0.29) is 19.4 Å². The molecule has 0 aromatic carbocycles. The van der Waals surface area contributed by atoms with Gasteiger partial charge in [-0.2, -0.15) is 0 Å². The fourth-order valence-electron chi connectivity index (χ4n) is 4.80. The summed E-state index contributed by atoms with van der Waals surface area (Å²) in [6.07, 6.45) is -0.917. The molecule has 0 amide bonds. The number of rotatable bonds is 9. The lowest BCUT2D eigenvalue weighted by Gasteiger charge is -2.28. The van der Waals surface area contributed by atoms with Crippen LogP contribution in [0.25, 0.3) is 0 Å². The van der Waals surface area contributed by atoms with Crippen molar-refractivity contribution in [2.24, 2.45) is 0 Å². The first-order valence-electron chi connectivity index (χ1n) is 13.1. The Labute approximate surface area is 242 Å². The van der Waals surface area contributed by atoms with Crippen molar-refractivity contribution >= 4 is 23.7 Å². The molecule has 5 rings (SSSR count). The summed E-state index contributed by atoms with van der Waals surface area (Å²) in [6.45, 7) is -1.01. The molecular formula is C25H30N5O10PS. The minimum atomic E-state index is -3.43. The lowest BCUT2D eigenvalue weighted by molar-refractivity contribution is -0.0490. The highest BCUT2D eigenvalue weighted by atomic mass is 32.5. The van der Waals surface area contributed by atoms with Gasteiger partial charge in [-0.05, 0) is 37.8 Å². The molecule has 0 radical (unpaired) electrons. The molecule has 3 aromatic rings. The first-order valence-corrected chi connectivity index (χ1v) is 15.7. The summed E-state index contributed by atoms with van der Waals surface area (Å²) < 4.78 is 26.7. The Balaban J connectivity index is 1.35. The summed E-state index contributed by atoms with van der Waals surface area (Å²) in [5.74, 6) is 0. The predicted octanol–water partition coefficient (Wildman–Crippen LogP) is -0.936. The van der Waals surface area contributed by atoms with Gasteiger partial charge >= 0.3 is 11.4 Å². The molecule has 5 heterocycles. The van der Waals surface area contributed by atoms with Crippen molar-refractivity contribution in [3.8, 4) is 0 Å². The van der Waals surface area contributed by atoms with E-state index >= 15 is 0 Å². The Bertz CT molecular complexity index is 1720. The Kier molecular flexibility index (Phi) is 8.87. The number of ether oxygens (including phenoxy) is 2. The lowest BCUT2D eigenvalue weighted by atomic mass is 10.2. The molecule has 0 aliphatic carbocycles. The van der Waals surface area contributed by atoms with E-state index in [9.17, 15) is 29.4 Å². The van der Waals surface area contributed by atoms with Gasteiger partial charge in [0, 0.05) is 42.6 Å². The van der Waals surface area contributed by atoms with E-state index in [4.69, 9.17) is 30.3 Å². The summed E-state index contributed by atoms with van der Waals surface area (Å²) >= 11 is 5.89. The van der Waals surface area contributed by atoms with Crippen LogP contribution in [0.5, 0.6) is 0 Å². The van der Waals surface area contributed by atoms with Gasteiger partial charge in [0.15, 0.2) is 0 Å². The maximum Gasteiger partial charge on any atom is 0.330 e. The molecule has 2 saturated heterocycles. The average Bonchev–Trinajstić information content (AvgIpc) is 3.54. The first kappa shape index (κ1) is 30.4. The molecule has 226 valence electrons. The smallest absolute Gasteiger partial charge is 0.330 e. The van der Waals surface area contributed by atoms with Crippen molar-refractivity contribution in [3.63, 3.8) is 0 Å². The molecule has 0 saturated carbocycles. The van der Waals surface area contributed by atoms with E-state index in [0.29, 0.717) is 16.6 Å². The molecule has 2 fully saturated rings. The Morgan fingerprint density at radius 3 is 2.17 bits per heavy atom. The molecule has 3 aromatic heterocycles. The van der Waals surface area contributed by atoms with Crippen LogP contribution in [-0.2, 0) is 30.3 Å². The number of aromatic nitrogens is 5. The molecule has 15 nitrogen and oxygen atoms in total. The van der Waals surface area contributed by atoms with Gasteiger partial charge in [-0.3, -0.25) is 33.7 Å². The van der Waals surface area contributed by atoms with Crippen LogP contribution in [0.4, 0.5) is 0 Å². The van der Waals surface area contributed by atoms with E-state index in [1.165, 1.54) is 27.7 Å². The van der Waals surface area contributed by atoms with Gasteiger partial charge in [-0.1, -0.05) is 6.07 Å². The van der Waals surface area contributed by atoms with Gasteiger partial charge in [-0.25, -0.2) is 9.59 Å². The molecule has 0 unspecified atom stereocenters. The zero-order valence-corrected chi connectivity index (χ0v) is 24.3. The third kappa shape index (κ3) is 6.16. The van der Waals surface area contributed by atoms with Crippen LogP contribution in [0.2, 0.25) is 0 Å². The van der Waals surface area contributed by atoms with Crippen LogP contribution in [0.15, 0.2) is 56.0 Å². The molecular weight excluding hydrogens is 593 g/mol. The van der Waals surface area contributed by atoms with Gasteiger partial charge in [-0.15, -0.1) is 0 Å². The topological polar surface area (TPSA) is 200 Å². The summed E-state index contributed by atoms with van der Waals surface area (Å²) in [4.78, 5) is 57.1. The third-order valence-electron chi connectivity index (χ3n) is 7.09. The third-order valence-corrected chi connectivity index (χ3v) is 10.1. The quantitative estimate of drug-likeness (QED) is 0.214. The van der Waals surface area contributed by atoms with Crippen LogP contribution in [0.3, 0.4) is 0 Å². The van der Waals surface area contributed by atoms with Gasteiger partial charge in [0.2, 0.25) is 6.49 Å². The summed E-state index contributed by atoms with van der Waals surface area (Å²) in [6, 6.07) is 5.03. The fraction of sp³-hybridized carbons (Fsp3) is 0.480. The second kappa shape index (κ2) is 12.3. The van der Waals surface area contributed by atoms with Crippen molar-refractivity contribution < 1.29 is 28.7 Å². The van der Waals surface area contributed by atoms with Crippen LogP contribution < -0.4 is 27.9 Å². The largest absolute Gasteiger partial charge is 0.394 e. The van der Waals surface area contributed by atoms with Crippen LogP contribution in [0.1, 0.15) is 36.4 Å². The van der Waals surface area contributed by atoms with E-state index in [0.717, 1.165) is 0 Å². The van der Waals surface area contributed by atoms with E-state index in [2.05, 4.69) is 15.0 Å². The van der Waals surface area contributed by atoms with E-state index in [1.54, 1.807) is 32.0 Å². The number of hydrogen-bond donors (Lipinski definition) is 4. The van der Waals surface area contributed by atoms with Crippen LogP contribution >= 0.6 is 6.49 Å². The van der Waals surface area contributed by atoms with Crippen molar-refractivity contribution in [2.45, 2.75) is 63.6 Å². The minimum Gasteiger partial charge on any atom is -0.394 e. The molecule has 0 bridgehead atoms. The number of pyridine rings is 1. The number of H-pyrrole nitrogens is 2. The summed E-state index contributed by atoms with van der Waals surface area (Å²) in [5, 5.41) is 20.8. The first-order chi connectivity index (χ1) is 20.0. The molecule has 7 atom stereocenters. The fourth-order valence-corrected chi connectivity index (χ4v) is 7.34. The Morgan fingerprint density at radius 1 is 1.00 bits per heavy atom. The van der Waals surface area contributed by atoms with E-state index in [1.807, 2.05) is 0 Å². The van der Waals surface area contributed by atoms with Gasteiger partial charge < -0.3 is 28.7 Å². The van der Waals surface area contributed by atoms with Crippen molar-refractivity contribution in [1.82, 2.24) is 24.1 Å². The molecule has 2 aliphatic rings. The van der Waals surface area contributed by atoms with Crippen LogP contribution in [0, 0.1) is 13.8 Å². The van der Waals surface area contributed by atoms with Crippen molar-refractivity contribution in [3.05, 3.63) is 89.6 Å². The predicted molar refractivity (Wildman–Crippen MR) is 151 cm³/mol. The SMILES string of the molecule is Cc1cn([C@H]2C[C@H](O[P@@](=S)(OC[C@H]3O[C@@H](n4cc(C)c(=O)[nH]c4=O)C[C@@H]3O)c3ccccn3)[C@@H](CO)O2)c(=O)[nH]c1=O. The van der Waals surface area contributed by atoms with Crippen molar-refractivity contribution in [1.29, 1.82) is 0 Å². The molecule has 0 spiro atoms. The highest BCUT2D eigenvalue weighted by Gasteiger charge is 2.43. The normalized spacial score (nSPS) is 27.2. The Morgan fingerprint density at radius 2 is 1.60 bits per heavy atom. The monoisotopic (exact) mass is 623 g/mol. The number of hydrogen-bond acceptors (Lipinski definition) is 12. The zero-order chi connectivity index (χ0) is 30.2. The second-order valence-electron chi connectivity index (χ2n) is 10.1. The minimum absolute atomic E-state index is 0.0603. The molecule has 4 N–H and O–H groups in total. The maximum atomic E-state index is 12.5. The summed E-state index contributed by atoms with van der Waals surface area (Å²) in [5.41, 5.74) is -1.45. The van der Waals surface area contributed by atoms with Crippen molar-refractivity contribution in [2.75, 3.05) is 13.2 Å². The molecule has 2 aliphatic heterocycles. The average molecular weight is 624 g/mol. The number of aliphatic hydroxyl groups is 2. The molecule has 42 heavy (non-hydrogen) atoms. The number of aliphatic hydroxyl groups excluding tert-OH is 2. The van der Waals surface area contributed by atoms with E-state index < -0.39 is 72.5 Å². The van der Waals surface area contributed by atoms with Crippen LogP contribution in [-0.4, -0.2) is 71.9 Å². The number of aryl methyl sites for hydroxylation is 2. The number of nitrogens with one attached hydrogen (secondary N) is 2. The lowest BCUT2D eigenvalue weighted by Crippen LogP contribution is -2.33. The maximum absolute atomic E-state index is 12.5. The standard InChI is InChI=1S/C25H30N5O10PS/c1-13-9-29(24(35)27-22(13)33)20-7-15(32)18(39-20)12-37-41(42,19-5-3-4-6-26-19)40-16-8-21(38-17(16)11-31)30-10-14(2)23(34)28-25(30)36/h3-6,9-10,15-18,20-21,31-32H,7-8,11-12H2,1-2H3,(H,27,33,35)(H,28,34,36)/t15-,16-,17+,18+,20+,21+,41-/m0/s1. The highest BCUT2D eigenvalue weighted by molar-refractivity contribution is 8.13. The van der Waals surface area contributed by atoms with Gasteiger partial charge in [0.1, 0.15) is 30.1 Å². The summed E-state index contributed by atoms with van der Waals surface area (Å²) in [7, 11) is 0. The number of aromatic amines is 2. The van der Waals surface area contributed by atoms with Gasteiger partial charge in [0.25, 0.3) is 11.1 Å². The number of nitrogens with zero attached hydrogens (tertiary/aromatic N) is 3. The van der Waals surface area contributed by atoms with Gasteiger partial charge in [0.05, 0.1) is 25.4 Å². The zero-order valence-electron chi connectivity index (χ0n) is 22.6. The second-order valence-corrected chi connectivity index (χ2v) is 13.4. The molecule has 17 heteroatoms.